The Morgan fingerprint density at radius 2 is 2.22 bits per heavy atom. The molecule has 0 atom stereocenters. The lowest BCUT2D eigenvalue weighted by molar-refractivity contribution is -0.119. The first kappa shape index (κ1) is 14.1. The molecule has 0 aliphatic heterocycles. The monoisotopic (exact) mass is 249 g/mol. The van der Waals surface area contributed by atoms with Gasteiger partial charge in [0, 0.05) is 18.2 Å². The van der Waals surface area contributed by atoms with Crippen LogP contribution in [0.15, 0.2) is 18.2 Å². The fraction of sp³-hybridized carbons (Fsp3) is 0.385. The van der Waals surface area contributed by atoms with Crippen LogP contribution < -0.4 is 5.73 Å². The first-order valence-corrected chi connectivity index (χ1v) is 5.65. The summed E-state index contributed by atoms with van der Waals surface area (Å²) in [6, 6.07) is 6.50. The fourth-order valence-electron chi connectivity index (χ4n) is 1.63. The highest BCUT2D eigenvalue weighted by Gasteiger charge is 2.16. The van der Waals surface area contributed by atoms with Crippen LogP contribution in [0.1, 0.15) is 25.0 Å². The quantitative estimate of drug-likeness (QED) is 0.857. The zero-order chi connectivity index (χ0) is 13.7. The van der Waals surface area contributed by atoms with Gasteiger partial charge in [0.25, 0.3) is 0 Å². The molecule has 0 spiro atoms. The van der Waals surface area contributed by atoms with Crippen LogP contribution in [-0.4, -0.2) is 23.4 Å². The molecular formula is C13H16FN3O. The van der Waals surface area contributed by atoms with E-state index >= 15 is 0 Å². The van der Waals surface area contributed by atoms with Crippen LogP contribution in [-0.2, 0) is 11.3 Å². The maximum atomic E-state index is 13.9. The molecule has 0 aliphatic rings. The van der Waals surface area contributed by atoms with Crippen LogP contribution in [0.25, 0.3) is 0 Å². The summed E-state index contributed by atoms with van der Waals surface area (Å²) in [4.78, 5) is 12.7. The summed E-state index contributed by atoms with van der Waals surface area (Å²) in [7, 11) is 0. The van der Waals surface area contributed by atoms with E-state index in [0.29, 0.717) is 5.56 Å². The first-order chi connectivity index (χ1) is 8.45. The van der Waals surface area contributed by atoms with Gasteiger partial charge in [-0.05, 0) is 19.9 Å². The molecule has 0 aromatic heterocycles. The number of carbonyl (C=O) groups excluding carboxylic acids is 1. The van der Waals surface area contributed by atoms with E-state index in [1.165, 1.54) is 6.07 Å². The Kier molecular flexibility index (Phi) is 4.81. The van der Waals surface area contributed by atoms with E-state index in [1.54, 1.807) is 23.1 Å². The third kappa shape index (κ3) is 3.54. The molecule has 2 N–H and O–H groups in total. The topological polar surface area (TPSA) is 70.1 Å². The Hall–Kier alpha value is -1.93. The van der Waals surface area contributed by atoms with Gasteiger partial charge in [0.1, 0.15) is 11.9 Å². The number of nitrogens with zero attached hydrogens (tertiary/aromatic N) is 2. The van der Waals surface area contributed by atoms with Gasteiger partial charge >= 0.3 is 0 Å². The number of benzene rings is 1. The van der Waals surface area contributed by atoms with Gasteiger partial charge in [-0.1, -0.05) is 12.1 Å². The lowest BCUT2D eigenvalue weighted by Crippen LogP contribution is -2.38. The highest BCUT2D eigenvalue weighted by Crippen LogP contribution is 2.15. The van der Waals surface area contributed by atoms with Gasteiger partial charge in [0.15, 0.2) is 0 Å². The third-order valence-electron chi connectivity index (χ3n) is 2.66. The zero-order valence-corrected chi connectivity index (χ0v) is 10.5. The number of nitriles is 1. The maximum Gasteiger partial charge on any atom is 0.231 e. The van der Waals surface area contributed by atoms with Crippen molar-refractivity contribution in [2.75, 3.05) is 6.54 Å². The van der Waals surface area contributed by atoms with Crippen molar-refractivity contribution in [3.05, 3.63) is 35.1 Å². The van der Waals surface area contributed by atoms with Crippen molar-refractivity contribution in [2.45, 2.75) is 26.4 Å². The summed E-state index contributed by atoms with van der Waals surface area (Å²) in [6.07, 6.45) is 0. The van der Waals surface area contributed by atoms with E-state index < -0.39 is 11.7 Å². The fourth-order valence-corrected chi connectivity index (χ4v) is 1.63. The molecule has 18 heavy (non-hydrogen) atoms. The number of rotatable bonds is 5. The molecule has 1 amide bonds. The predicted octanol–water partition coefficient (Wildman–Crippen LogP) is 1.39. The van der Waals surface area contributed by atoms with E-state index in [1.807, 2.05) is 13.8 Å². The molecule has 1 rings (SSSR count). The van der Waals surface area contributed by atoms with E-state index in [9.17, 15) is 9.18 Å². The molecular weight excluding hydrogens is 233 g/mol. The van der Waals surface area contributed by atoms with Crippen molar-refractivity contribution in [3.63, 3.8) is 0 Å². The second kappa shape index (κ2) is 6.12. The number of primary amides is 1. The highest BCUT2D eigenvalue weighted by atomic mass is 19.1. The van der Waals surface area contributed by atoms with Crippen LogP contribution in [0.4, 0.5) is 4.39 Å². The zero-order valence-electron chi connectivity index (χ0n) is 10.5. The normalized spacial score (nSPS) is 10.7. The molecule has 0 unspecified atom stereocenters. The molecule has 1 aromatic carbocycles. The molecule has 0 radical (unpaired) electrons. The van der Waals surface area contributed by atoms with Crippen molar-refractivity contribution < 1.29 is 9.18 Å². The Morgan fingerprint density at radius 3 is 2.72 bits per heavy atom. The average molecular weight is 249 g/mol. The number of hydrogen-bond acceptors (Lipinski definition) is 3. The molecule has 0 saturated carbocycles. The molecule has 96 valence electrons. The summed E-state index contributed by atoms with van der Waals surface area (Å²) in [5.74, 6) is -0.990. The number of hydrogen-bond donors (Lipinski definition) is 1. The smallest absolute Gasteiger partial charge is 0.231 e. The number of nitrogens with two attached hydrogens (primary N) is 1. The van der Waals surface area contributed by atoms with Gasteiger partial charge in [-0.2, -0.15) is 5.26 Å². The Morgan fingerprint density at radius 1 is 1.56 bits per heavy atom. The van der Waals surface area contributed by atoms with E-state index in [2.05, 4.69) is 0 Å². The average Bonchev–Trinajstić information content (AvgIpc) is 2.30. The van der Waals surface area contributed by atoms with E-state index in [-0.39, 0.29) is 24.7 Å². The summed E-state index contributed by atoms with van der Waals surface area (Å²) in [6.45, 7) is 4.11. The van der Waals surface area contributed by atoms with Crippen molar-refractivity contribution in [1.29, 1.82) is 5.26 Å². The summed E-state index contributed by atoms with van der Waals surface area (Å²) < 4.78 is 13.9. The minimum Gasteiger partial charge on any atom is -0.369 e. The highest BCUT2D eigenvalue weighted by molar-refractivity contribution is 5.75. The minimum atomic E-state index is -0.532. The molecule has 0 heterocycles. The van der Waals surface area contributed by atoms with Crippen LogP contribution >= 0.6 is 0 Å². The number of halogens is 1. The largest absolute Gasteiger partial charge is 0.369 e. The van der Waals surface area contributed by atoms with Crippen molar-refractivity contribution in [2.24, 2.45) is 5.73 Å². The van der Waals surface area contributed by atoms with Crippen molar-refractivity contribution in [1.82, 2.24) is 4.90 Å². The predicted molar refractivity (Wildman–Crippen MR) is 65.9 cm³/mol. The van der Waals surface area contributed by atoms with Crippen LogP contribution in [0.3, 0.4) is 0 Å². The van der Waals surface area contributed by atoms with Gasteiger partial charge in [-0.3, -0.25) is 9.69 Å². The second-order valence-corrected chi connectivity index (χ2v) is 4.36. The first-order valence-electron chi connectivity index (χ1n) is 5.65. The maximum absolute atomic E-state index is 13.9. The Balaban J connectivity index is 2.94. The van der Waals surface area contributed by atoms with Gasteiger partial charge in [0.05, 0.1) is 12.1 Å². The molecule has 1 aromatic rings. The lowest BCUT2D eigenvalue weighted by Gasteiger charge is -2.25. The van der Waals surface area contributed by atoms with E-state index in [4.69, 9.17) is 11.0 Å². The Labute approximate surface area is 106 Å². The molecule has 0 bridgehead atoms. The third-order valence-corrected chi connectivity index (χ3v) is 2.66. The summed E-state index contributed by atoms with van der Waals surface area (Å²) in [5.41, 5.74) is 5.55. The number of amides is 1. The van der Waals surface area contributed by atoms with Gasteiger partial charge in [-0.15, -0.1) is 0 Å². The summed E-state index contributed by atoms with van der Waals surface area (Å²) >= 11 is 0. The second-order valence-electron chi connectivity index (χ2n) is 4.36. The van der Waals surface area contributed by atoms with Gasteiger partial charge in [-0.25, -0.2) is 4.39 Å². The van der Waals surface area contributed by atoms with Crippen molar-refractivity contribution in [3.8, 4) is 6.07 Å². The molecule has 5 heteroatoms. The number of carbonyl (C=O) groups is 1. The van der Waals surface area contributed by atoms with Gasteiger partial charge < -0.3 is 5.73 Å². The molecule has 4 nitrogen and oxygen atoms in total. The van der Waals surface area contributed by atoms with E-state index in [0.717, 1.165) is 0 Å². The minimum absolute atomic E-state index is 0.00952. The standard InChI is InChI=1S/C13H16FN3O/c1-9(2)17(8-12(16)18)7-11-5-3-4-10(6-15)13(11)14/h3-5,9H,7-8H2,1-2H3,(H2,16,18). The van der Waals surface area contributed by atoms with Gasteiger partial charge in [0.2, 0.25) is 5.91 Å². The molecule has 0 aliphatic carbocycles. The lowest BCUT2D eigenvalue weighted by atomic mass is 10.1. The molecule has 0 saturated heterocycles. The van der Waals surface area contributed by atoms with Crippen LogP contribution in [0.5, 0.6) is 0 Å². The molecule has 0 fully saturated rings. The van der Waals surface area contributed by atoms with Crippen LogP contribution in [0, 0.1) is 17.1 Å². The van der Waals surface area contributed by atoms with Crippen LogP contribution in [0.2, 0.25) is 0 Å². The summed E-state index contributed by atoms with van der Waals surface area (Å²) in [5, 5.41) is 8.75. The SMILES string of the molecule is CC(C)N(CC(N)=O)Cc1cccc(C#N)c1F. The Bertz CT molecular complexity index is 480. The van der Waals surface area contributed by atoms with Crippen molar-refractivity contribution >= 4 is 5.91 Å².